The molecule has 0 radical (unpaired) electrons. The molecule has 8 nitrogen and oxygen atoms in total. The maximum Gasteiger partial charge on any atom is 0.277 e. The van der Waals surface area contributed by atoms with Crippen LogP contribution in [0, 0.1) is 17.0 Å². The third-order valence-electron chi connectivity index (χ3n) is 3.94. The van der Waals surface area contributed by atoms with Crippen LogP contribution in [0.1, 0.15) is 23.0 Å². The molecule has 0 aliphatic heterocycles. The molecule has 1 heterocycles. The first kappa shape index (κ1) is 19.4. The summed E-state index contributed by atoms with van der Waals surface area (Å²) < 4.78 is 7.30. The van der Waals surface area contributed by atoms with Crippen LogP contribution in [0.5, 0.6) is 11.5 Å². The maximum absolute atomic E-state index is 12.5. The summed E-state index contributed by atoms with van der Waals surface area (Å²) in [5, 5.41) is 18.2. The van der Waals surface area contributed by atoms with Crippen molar-refractivity contribution < 1.29 is 14.5 Å². The van der Waals surface area contributed by atoms with Crippen molar-refractivity contribution in [3.05, 3.63) is 75.1 Å². The van der Waals surface area contributed by atoms with Gasteiger partial charge in [0.25, 0.3) is 11.6 Å². The van der Waals surface area contributed by atoms with Crippen molar-refractivity contribution in [2.24, 2.45) is 0 Å². The van der Waals surface area contributed by atoms with Crippen molar-refractivity contribution in [1.29, 1.82) is 0 Å². The highest BCUT2D eigenvalue weighted by molar-refractivity contribution is 6.34. The summed E-state index contributed by atoms with van der Waals surface area (Å²) in [7, 11) is 0. The van der Waals surface area contributed by atoms with E-state index in [9.17, 15) is 14.9 Å². The normalized spacial score (nSPS) is 10.5. The number of carbonyl (C=O) groups is 1. The number of rotatable bonds is 6. The number of nitro benzene ring substituents is 1. The van der Waals surface area contributed by atoms with Crippen LogP contribution in [-0.4, -0.2) is 20.6 Å². The predicted molar refractivity (Wildman–Crippen MR) is 105 cm³/mol. The lowest BCUT2D eigenvalue weighted by Gasteiger charge is -2.10. The Kier molecular flexibility index (Phi) is 5.60. The van der Waals surface area contributed by atoms with Crippen molar-refractivity contribution in [2.45, 2.75) is 20.4 Å². The van der Waals surface area contributed by atoms with Gasteiger partial charge in [0, 0.05) is 24.9 Å². The van der Waals surface area contributed by atoms with Gasteiger partial charge in [-0.1, -0.05) is 29.8 Å². The number of ether oxygens (including phenoxy) is 1. The van der Waals surface area contributed by atoms with Crippen molar-refractivity contribution in [3.8, 4) is 11.5 Å². The largest absolute Gasteiger partial charge is 0.457 e. The fourth-order valence-electron chi connectivity index (χ4n) is 2.52. The Morgan fingerprint density at radius 2 is 2.07 bits per heavy atom. The van der Waals surface area contributed by atoms with Crippen LogP contribution >= 0.6 is 11.6 Å². The van der Waals surface area contributed by atoms with Gasteiger partial charge >= 0.3 is 0 Å². The Morgan fingerprint density at radius 1 is 1.32 bits per heavy atom. The molecule has 9 heteroatoms. The van der Waals surface area contributed by atoms with Gasteiger partial charge in [0.1, 0.15) is 11.5 Å². The van der Waals surface area contributed by atoms with Crippen LogP contribution in [0.4, 0.5) is 11.4 Å². The number of aryl methyl sites for hydroxylation is 2. The summed E-state index contributed by atoms with van der Waals surface area (Å²) in [5.41, 5.74) is 0.893. The Hall–Kier alpha value is -3.39. The van der Waals surface area contributed by atoms with E-state index in [1.807, 2.05) is 26.0 Å². The van der Waals surface area contributed by atoms with Crippen LogP contribution in [0.25, 0.3) is 0 Å². The molecule has 1 aromatic heterocycles. The molecule has 0 saturated heterocycles. The van der Waals surface area contributed by atoms with E-state index >= 15 is 0 Å². The maximum atomic E-state index is 12.5. The zero-order valence-electron chi connectivity index (χ0n) is 15.2. The number of hydrogen-bond donors (Lipinski definition) is 1. The summed E-state index contributed by atoms with van der Waals surface area (Å²) in [6.45, 7) is 4.28. The lowest BCUT2D eigenvalue weighted by Crippen LogP contribution is -2.14. The third-order valence-corrected chi connectivity index (χ3v) is 4.21. The predicted octanol–water partition coefficient (Wildman–Crippen LogP) is 4.82. The SMILES string of the molecule is CCn1cc(Cl)c(C(=O)Nc2cc(Oc3ccccc3C)cc([N+](=O)[O-])c2)n1. The van der Waals surface area contributed by atoms with E-state index in [1.165, 1.54) is 29.1 Å². The number of amides is 1. The molecule has 3 rings (SSSR count). The molecule has 0 saturated carbocycles. The van der Waals surface area contributed by atoms with E-state index in [0.29, 0.717) is 12.3 Å². The second kappa shape index (κ2) is 8.10. The van der Waals surface area contributed by atoms with E-state index in [0.717, 1.165) is 5.56 Å². The van der Waals surface area contributed by atoms with Gasteiger partial charge < -0.3 is 10.1 Å². The lowest BCUT2D eigenvalue weighted by atomic mass is 10.2. The van der Waals surface area contributed by atoms with Crippen LogP contribution in [-0.2, 0) is 6.54 Å². The van der Waals surface area contributed by atoms with E-state index in [4.69, 9.17) is 16.3 Å². The van der Waals surface area contributed by atoms with E-state index in [2.05, 4.69) is 10.4 Å². The highest BCUT2D eigenvalue weighted by atomic mass is 35.5. The molecule has 1 N–H and O–H groups in total. The Balaban J connectivity index is 1.90. The first-order valence-corrected chi connectivity index (χ1v) is 8.82. The van der Waals surface area contributed by atoms with Gasteiger partial charge in [-0.2, -0.15) is 5.10 Å². The minimum Gasteiger partial charge on any atom is -0.457 e. The molecule has 0 spiro atoms. The highest BCUT2D eigenvalue weighted by Crippen LogP contribution is 2.31. The Morgan fingerprint density at radius 3 is 2.71 bits per heavy atom. The topological polar surface area (TPSA) is 99.3 Å². The number of halogens is 1. The van der Waals surface area contributed by atoms with E-state index in [1.54, 1.807) is 12.1 Å². The molecule has 0 atom stereocenters. The van der Waals surface area contributed by atoms with Gasteiger partial charge in [-0.3, -0.25) is 19.6 Å². The van der Waals surface area contributed by atoms with Gasteiger partial charge in [-0.15, -0.1) is 0 Å². The first-order chi connectivity index (χ1) is 13.4. The number of anilines is 1. The molecule has 0 fully saturated rings. The number of benzene rings is 2. The van der Waals surface area contributed by atoms with Crippen LogP contribution < -0.4 is 10.1 Å². The standard InChI is InChI=1S/C19H17ClN4O4/c1-3-23-11-16(20)18(22-23)19(25)21-13-8-14(24(26)27)10-15(9-13)28-17-7-5-4-6-12(17)2/h4-11H,3H2,1-2H3,(H,21,25). The van der Waals surface area contributed by atoms with Gasteiger partial charge in [-0.05, 0) is 25.5 Å². The fourth-order valence-corrected chi connectivity index (χ4v) is 2.76. The zero-order chi connectivity index (χ0) is 20.3. The second-order valence-corrected chi connectivity index (χ2v) is 6.38. The first-order valence-electron chi connectivity index (χ1n) is 8.44. The summed E-state index contributed by atoms with van der Waals surface area (Å²) >= 11 is 6.05. The zero-order valence-corrected chi connectivity index (χ0v) is 15.9. The Bertz CT molecular complexity index is 1050. The number of hydrogen-bond acceptors (Lipinski definition) is 5. The van der Waals surface area contributed by atoms with Crippen LogP contribution in [0.15, 0.2) is 48.7 Å². The molecular formula is C19H17ClN4O4. The van der Waals surface area contributed by atoms with Crippen molar-refractivity contribution in [3.63, 3.8) is 0 Å². The number of aromatic nitrogens is 2. The summed E-state index contributed by atoms with van der Waals surface area (Å²) in [5.74, 6) is 0.216. The van der Waals surface area contributed by atoms with E-state index < -0.39 is 10.8 Å². The second-order valence-electron chi connectivity index (χ2n) is 5.98. The average molecular weight is 401 g/mol. The molecule has 0 bridgehead atoms. The third kappa shape index (κ3) is 4.29. The van der Waals surface area contributed by atoms with Gasteiger partial charge in [0.05, 0.1) is 21.7 Å². The monoisotopic (exact) mass is 400 g/mol. The van der Waals surface area contributed by atoms with Gasteiger partial charge in [-0.25, -0.2) is 0 Å². The fraction of sp³-hybridized carbons (Fsp3) is 0.158. The van der Waals surface area contributed by atoms with Crippen molar-refractivity contribution in [2.75, 3.05) is 5.32 Å². The number of nitrogens with one attached hydrogen (secondary N) is 1. The minimum absolute atomic E-state index is 0.0383. The summed E-state index contributed by atoms with van der Waals surface area (Å²) in [4.78, 5) is 23.2. The molecule has 1 amide bonds. The molecule has 3 aromatic rings. The van der Waals surface area contributed by atoms with Crippen molar-refractivity contribution >= 4 is 28.9 Å². The van der Waals surface area contributed by atoms with Crippen molar-refractivity contribution in [1.82, 2.24) is 9.78 Å². The molecule has 2 aromatic carbocycles. The number of nitrogens with zero attached hydrogens (tertiary/aromatic N) is 3. The van der Waals surface area contributed by atoms with Gasteiger partial charge in [0.15, 0.2) is 5.69 Å². The minimum atomic E-state index is -0.570. The average Bonchev–Trinajstić information content (AvgIpc) is 3.04. The van der Waals surface area contributed by atoms with Crippen LogP contribution in [0.3, 0.4) is 0 Å². The lowest BCUT2D eigenvalue weighted by molar-refractivity contribution is -0.384. The molecule has 0 aliphatic carbocycles. The molecule has 28 heavy (non-hydrogen) atoms. The van der Waals surface area contributed by atoms with E-state index in [-0.39, 0.29) is 27.8 Å². The van der Waals surface area contributed by atoms with Crippen LogP contribution in [0.2, 0.25) is 5.02 Å². The summed E-state index contributed by atoms with van der Waals surface area (Å²) in [6.07, 6.45) is 1.54. The number of para-hydroxylation sites is 1. The molecule has 0 aliphatic rings. The van der Waals surface area contributed by atoms with Gasteiger partial charge in [0.2, 0.25) is 0 Å². The highest BCUT2D eigenvalue weighted by Gasteiger charge is 2.18. The smallest absolute Gasteiger partial charge is 0.277 e. The molecular weight excluding hydrogens is 384 g/mol. The number of carbonyl (C=O) groups excluding carboxylic acids is 1. The number of nitro groups is 1. The quantitative estimate of drug-likeness (QED) is 0.472. The molecule has 144 valence electrons. The molecule has 0 unspecified atom stereocenters. The number of non-ortho nitro benzene ring substituents is 1. The summed E-state index contributed by atoms with van der Waals surface area (Å²) in [6, 6.07) is 11.3. The Labute approximate surface area is 165 Å².